The van der Waals surface area contributed by atoms with Crippen molar-refractivity contribution in [3.05, 3.63) is 64.8 Å². The quantitative estimate of drug-likeness (QED) is 0.747. The van der Waals surface area contributed by atoms with E-state index in [1.807, 2.05) is 31.2 Å². The maximum absolute atomic E-state index is 12.9. The molecule has 21 heavy (non-hydrogen) atoms. The number of anilines is 1. The number of nitrogens with zero attached hydrogens (tertiary/aromatic N) is 2. The Labute approximate surface area is 130 Å². The van der Waals surface area contributed by atoms with E-state index in [1.54, 1.807) is 12.3 Å². The number of pyridine rings is 2. The molecule has 0 bridgehead atoms. The standard InChI is InChI=1S/C16H13BrFN3/c1-10(14-6-5-13(18)9-19-14)21-15-4-2-3-11-7-12(17)8-20-16(11)15/h2-10,21H,1H3. The number of hydrogen-bond donors (Lipinski definition) is 1. The van der Waals surface area contributed by atoms with E-state index >= 15 is 0 Å². The minimum atomic E-state index is -0.331. The molecular weight excluding hydrogens is 333 g/mol. The topological polar surface area (TPSA) is 37.8 Å². The van der Waals surface area contributed by atoms with E-state index in [-0.39, 0.29) is 11.9 Å². The molecule has 0 aliphatic rings. The van der Waals surface area contributed by atoms with Crippen LogP contribution in [0.3, 0.4) is 0 Å². The number of hydrogen-bond acceptors (Lipinski definition) is 3. The van der Waals surface area contributed by atoms with Gasteiger partial charge in [-0.1, -0.05) is 12.1 Å². The summed E-state index contributed by atoms with van der Waals surface area (Å²) < 4.78 is 13.9. The molecule has 3 aromatic rings. The molecule has 1 N–H and O–H groups in total. The Morgan fingerprint density at radius 2 is 2.00 bits per heavy atom. The highest BCUT2D eigenvalue weighted by molar-refractivity contribution is 9.10. The van der Waals surface area contributed by atoms with Gasteiger partial charge in [-0.2, -0.15) is 0 Å². The van der Waals surface area contributed by atoms with Crippen LogP contribution in [0.25, 0.3) is 10.9 Å². The zero-order valence-corrected chi connectivity index (χ0v) is 12.9. The van der Waals surface area contributed by atoms with Crippen LogP contribution in [0.15, 0.2) is 53.3 Å². The molecule has 0 amide bonds. The highest BCUT2D eigenvalue weighted by Gasteiger charge is 2.10. The van der Waals surface area contributed by atoms with Crippen molar-refractivity contribution in [1.82, 2.24) is 9.97 Å². The number of fused-ring (bicyclic) bond motifs is 1. The number of nitrogens with one attached hydrogen (secondary N) is 1. The zero-order valence-electron chi connectivity index (χ0n) is 11.3. The summed E-state index contributed by atoms with van der Waals surface area (Å²) in [5.74, 6) is -0.331. The lowest BCUT2D eigenvalue weighted by Gasteiger charge is -2.16. The van der Waals surface area contributed by atoms with Crippen molar-refractivity contribution in [3.63, 3.8) is 0 Å². The van der Waals surface area contributed by atoms with E-state index in [1.165, 1.54) is 12.3 Å². The number of benzene rings is 1. The van der Waals surface area contributed by atoms with Crippen LogP contribution in [0.5, 0.6) is 0 Å². The minimum Gasteiger partial charge on any atom is -0.375 e. The van der Waals surface area contributed by atoms with Gasteiger partial charge in [0, 0.05) is 16.1 Å². The fourth-order valence-corrected chi connectivity index (χ4v) is 2.55. The van der Waals surface area contributed by atoms with Crippen molar-refractivity contribution < 1.29 is 4.39 Å². The third-order valence-electron chi connectivity index (χ3n) is 3.24. The van der Waals surface area contributed by atoms with Crippen LogP contribution in [0.4, 0.5) is 10.1 Å². The summed E-state index contributed by atoms with van der Waals surface area (Å²) in [6.07, 6.45) is 3.00. The third-order valence-corrected chi connectivity index (χ3v) is 3.68. The average molecular weight is 346 g/mol. The van der Waals surface area contributed by atoms with Gasteiger partial charge in [-0.3, -0.25) is 9.97 Å². The molecule has 2 aromatic heterocycles. The summed E-state index contributed by atoms with van der Waals surface area (Å²) in [5, 5.41) is 4.43. The van der Waals surface area contributed by atoms with Crippen molar-refractivity contribution in [1.29, 1.82) is 0 Å². The Morgan fingerprint density at radius 1 is 1.14 bits per heavy atom. The molecule has 0 saturated carbocycles. The van der Waals surface area contributed by atoms with E-state index in [0.717, 1.165) is 26.8 Å². The van der Waals surface area contributed by atoms with Crippen molar-refractivity contribution in [2.24, 2.45) is 0 Å². The van der Waals surface area contributed by atoms with Crippen LogP contribution in [0.2, 0.25) is 0 Å². The van der Waals surface area contributed by atoms with Crippen LogP contribution >= 0.6 is 15.9 Å². The molecule has 1 aromatic carbocycles. The maximum atomic E-state index is 12.9. The van der Waals surface area contributed by atoms with Gasteiger partial charge in [-0.25, -0.2) is 4.39 Å². The van der Waals surface area contributed by atoms with Crippen molar-refractivity contribution in [3.8, 4) is 0 Å². The molecule has 3 nitrogen and oxygen atoms in total. The second-order valence-corrected chi connectivity index (χ2v) is 5.71. The summed E-state index contributed by atoms with van der Waals surface area (Å²) >= 11 is 3.42. The lowest BCUT2D eigenvalue weighted by Crippen LogP contribution is -2.09. The van der Waals surface area contributed by atoms with Gasteiger partial charge in [0.05, 0.1) is 29.1 Å². The van der Waals surface area contributed by atoms with Gasteiger partial charge in [0.25, 0.3) is 0 Å². The Kier molecular flexibility index (Phi) is 3.84. The summed E-state index contributed by atoms with van der Waals surface area (Å²) in [5.41, 5.74) is 2.61. The van der Waals surface area contributed by atoms with E-state index in [2.05, 4.69) is 31.2 Å². The van der Waals surface area contributed by atoms with E-state index in [0.29, 0.717) is 0 Å². The smallest absolute Gasteiger partial charge is 0.141 e. The molecular formula is C16H13BrFN3. The second-order valence-electron chi connectivity index (χ2n) is 4.80. The first-order valence-corrected chi connectivity index (χ1v) is 7.35. The van der Waals surface area contributed by atoms with E-state index in [9.17, 15) is 4.39 Å². The number of para-hydroxylation sites is 1. The molecule has 1 atom stereocenters. The van der Waals surface area contributed by atoms with E-state index in [4.69, 9.17) is 0 Å². The predicted octanol–water partition coefficient (Wildman–Crippen LogP) is 4.70. The van der Waals surface area contributed by atoms with Crippen LogP contribution in [-0.2, 0) is 0 Å². The van der Waals surface area contributed by atoms with Crippen molar-refractivity contribution in [2.45, 2.75) is 13.0 Å². The van der Waals surface area contributed by atoms with Gasteiger partial charge in [-0.15, -0.1) is 0 Å². The molecule has 3 rings (SSSR count). The maximum Gasteiger partial charge on any atom is 0.141 e. The van der Waals surface area contributed by atoms with Gasteiger partial charge >= 0.3 is 0 Å². The second kappa shape index (κ2) is 5.77. The first-order chi connectivity index (χ1) is 10.1. The number of rotatable bonds is 3. The molecule has 106 valence electrons. The SMILES string of the molecule is CC(Nc1cccc2cc(Br)cnc12)c1ccc(F)cn1. The Balaban J connectivity index is 1.92. The van der Waals surface area contributed by atoms with Gasteiger partial charge in [-0.05, 0) is 47.1 Å². The summed E-state index contributed by atoms with van der Waals surface area (Å²) in [4.78, 5) is 8.55. The van der Waals surface area contributed by atoms with Gasteiger partial charge < -0.3 is 5.32 Å². The largest absolute Gasteiger partial charge is 0.375 e. The van der Waals surface area contributed by atoms with Gasteiger partial charge in [0.2, 0.25) is 0 Å². The third kappa shape index (κ3) is 3.03. The van der Waals surface area contributed by atoms with Crippen molar-refractivity contribution in [2.75, 3.05) is 5.32 Å². The van der Waals surface area contributed by atoms with Crippen LogP contribution in [0, 0.1) is 5.82 Å². The minimum absolute atomic E-state index is 0.0401. The first-order valence-electron chi connectivity index (χ1n) is 6.56. The van der Waals surface area contributed by atoms with Crippen LogP contribution < -0.4 is 5.32 Å². The van der Waals surface area contributed by atoms with Crippen LogP contribution in [-0.4, -0.2) is 9.97 Å². The highest BCUT2D eigenvalue weighted by Crippen LogP contribution is 2.26. The Hall–Kier alpha value is -2.01. The highest BCUT2D eigenvalue weighted by atomic mass is 79.9. The molecule has 0 spiro atoms. The van der Waals surface area contributed by atoms with Gasteiger partial charge in [0.1, 0.15) is 5.82 Å². The number of aromatic nitrogens is 2. The van der Waals surface area contributed by atoms with E-state index < -0.39 is 0 Å². The fraction of sp³-hybridized carbons (Fsp3) is 0.125. The summed E-state index contributed by atoms with van der Waals surface area (Å²) in [7, 11) is 0. The normalized spacial score (nSPS) is 12.3. The molecule has 0 radical (unpaired) electrons. The van der Waals surface area contributed by atoms with Gasteiger partial charge in [0.15, 0.2) is 0 Å². The molecule has 0 saturated heterocycles. The fourth-order valence-electron chi connectivity index (χ4n) is 2.20. The lowest BCUT2D eigenvalue weighted by atomic mass is 10.1. The zero-order chi connectivity index (χ0) is 14.8. The van der Waals surface area contributed by atoms with Crippen LogP contribution in [0.1, 0.15) is 18.7 Å². The lowest BCUT2D eigenvalue weighted by molar-refractivity contribution is 0.617. The molecule has 2 heterocycles. The monoisotopic (exact) mass is 345 g/mol. The average Bonchev–Trinajstić information content (AvgIpc) is 2.47. The molecule has 0 fully saturated rings. The summed E-state index contributed by atoms with van der Waals surface area (Å²) in [6, 6.07) is 11.0. The molecule has 1 unspecified atom stereocenters. The predicted molar refractivity (Wildman–Crippen MR) is 85.7 cm³/mol. The molecule has 0 aliphatic carbocycles. The number of halogens is 2. The molecule has 0 aliphatic heterocycles. The first kappa shape index (κ1) is 13.9. The summed E-state index contributed by atoms with van der Waals surface area (Å²) in [6.45, 7) is 1.98. The Morgan fingerprint density at radius 3 is 2.76 bits per heavy atom. The Bertz CT molecular complexity index is 774. The molecule has 5 heteroatoms. The van der Waals surface area contributed by atoms with Crippen molar-refractivity contribution >= 4 is 32.5 Å².